The first kappa shape index (κ1) is 28.2. The Morgan fingerprint density at radius 3 is 2.25 bits per heavy atom. The molecule has 5 rings (SSSR count). The third-order valence-electron chi connectivity index (χ3n) is 8.48. The van der Waals surface area contributed by atoms with E-state index in [4.69, 9.17) is 17.2 Å². The number of carbonyl (C=O) groups is 2. The van der Waals surface area contributed by atoms with Crippen molar-refractivity contribution >= 4 is 17.8 Å². The van der Waals surface area contributed by atoms with Crippen molar-refractivity contribution in [2.45, 2.75) is 31.8 Å². The molecular weight excluding hydrogens is 510 g/mol. The minimum absolute atomic E-state index is 0.136. The highest BCUT2D eigenvalue weighted by Crippen LogP contribution is 2.52. The molecule has 0 bridgehead atoms. The number of fused-ring (bicyclic) bond motifs is 1. The Bertz CT molecular complexity index is 1270. The second-order valence-corrected chi connectivity index (χ2v) is 11.9. The smallest absolute Gasteiger partial charge is 0.338 e. The van der Waals surface area contributed by atoms with E-state index in [0.29, 0.717) is 56.2 Å². The van der Waals surface area contributed by atoms with Crippen molar-refractivity contribution in [2.75, 3.05) is 57.7 Å². The molecule has 0 radical (unpaired) electrons. The van der Waals surface area contributed by atoms with Crippen LogP contribution in [0.2, 0.25) is 0 Å². The van der Waals surface area contributed by atoms with Gasteiger partial charge in [-0.3, -0.25) is 14.7 Å². The SMILES string of the molecule is CC(C)(N)C(=O)N1CCN(C(=O)Nc2ccn(-c3ccc(CCN4CC5C(C4)C5C(N)CN)cc3)c(=O)n2)CC1. The molecule has 3 atom stereocenters. The number of urea groups is 1. The molecule has 40 heavy (non-hydrogen) atoms. The normalized spacial score (nSPS) is 23.6. The highest BCUT2D eigenvalue weighted by molar-refractivity contribution is 5.89. The Morgan fingerprint density at radius 2 is 1.68 bits per heavy atom. The Morgan fingerprint density at radius 1 is 1.05 bits per heavy atom. The van der Waals surface area contributed by atoms with Crippen molar-refractivity contribution in [3.8, 4) is 5.69 Å². The zero-order chi connectivity index (χ0) is 28.6. The van der Waals surface area contributed by atoms with Crippen molar-refractivity contribution < 1.29 is 9.59 Å². The van der Waals surface area contributed by atoms with Gasteiger partial charge in [-0.1, -0.05) is 12.1 Å². The van der Waals surface area contributed by atoms with E-state index < -0.39 is 11.2 Å². The third kappa shape index (κ3) is 6.04. The number of anilines is 1. The van der Waals surface area contributed by atoms with Crippen LogP contribution >= 0.6 is 0 Å². The average Bonchev–Trinajstić information content (AvgIpc) is 3.44. The van der Waals surface area contributed by atoms with E-state index in [-0.39, 0.29) is 23.8 Å². The maximum absolute atomic E-state index is 12.7. The maximum Gasteiger partial charge on any atom is 0.354 e. The molecule has 3 amide bonds. The Kier molecular flexibility index (Phi) is 7.96. The predicted molar refractivity (Wildman–Crippen MR) is 153 cm³/mol. The number of carbonyl (C=O) groups excluding carboxylic acids is 2. The van der Waals surface area contributed by atoms with Gasteiger partial charge in [0.05, 0.1) is 11.2 Å². The van der Waals surface area contributed by atoms with Crippen LogP contribution in [0.4, 0.5) is 10.6 Å². The van der Waals surface area contributed by atoms with Gasteiger partial charge in [-0.15, -0.1) is 0 Å². The quantitative estimate of drug-likeness (QED) is 0.345. The van der Waals surface area contributed by atoms with Crippen molar-refractivity contribution in [2.24, 2.45) is 35.0 Å². The number of nitrogens with zero attached hydrogens (tertiary/aromatic N) is 5. The lowest BCUT2D eigenvalue weighted by atomic mass is 10.1. The molecule has 2 saturated heterocycles. The number of benzene rings is 1. The first-order valence-corrected chi connectivity index (χ1v) is 14.1. The van der Waals surface area contributed by atoms with Crippen molar-refractivity contribution in [3.63, 3.8) is 0 Å². The summed E-state index contributed by atoms with van der Waals surface area (Å²) in [6.45, 7) is 8.67. The van der Waals surface area contributed by atoms with Gasteiger partial charge < -0.3 is 31.9 Å². The van der Waals surface area contributed by atoms with Crippen molar-refractivity contribution in [1.29, 1.82) is 0 Å². The predicted octanol–water partition coefficient (Wildman–Crippen LogP) is -0.348. The average molecular weight is 552 g/mol. The van der Waals surface area contributed by atoms with Gasteiger partial charge in [0.25, 0.3) is 0 Å². The zero-order valence-electron chi connectivity index (χ0n) is 23.3. The molecule has 2 aromatic rings. The lowest BCUT2D eigenvalue weighted by Gasteiger charge is -2.37. The molecule has 3 fully saturated rings. The zero-order valence-corrected chi connectivity index (χ0v) is 23.3. The fourth-order valence-electron chi connectivity index (χ4n) is 6.12. The summed E-state index contributed by atoms with van der Waals surface area (Å²) in [4.78, 5) is 47.6. The summed E-state index contributed by atoms with van der Waals surface area (Å²) in [5.74, 6) is 2.05. The van der Waals surface area contributed by atoms with Gasteiger partial charge in [0.2, 0.25) is 5.91 Å². The van der Waals surface area contributed by atoms with Crippen LogP contribution in [0.1, 0.15) is 19.4 Å². The third-order valence-corrected chi connectivity index (χ3v) is 8.48. The summed E-state index contributed by atoms with van der Waals surface area (Å²) in [7, 11) is 0. The number of nitrogens with two attached hydrogens (primary N) is 3. The van der Waals surface area contributed by atoms with Crippen molar-refractivity contribution in [1.82, 2.24) is 24.3 Å². The number of piperidine rings is 1. The molecule has 3 heterocycles. The largest absolute Gasteiger partial charge is 0.354 e. The number of likely N-dealkylation sites (tertiary alicyclic amines) is 1. The standard InChI is InChI=1S/C28H41N9O3/c1-28(2,31)25(38)35-11-13-36(14-12-35)26(39)32-23-8-10-37(27(40)33-23)19-5-3-18(4-6-19)7-9-34-16-20-21(17-34)24(20)22(30)15-29/h3-6,8,10,20-22,24H,7,9,11-17,29-31H2,1-2H3,(H,32,33,39,40). The van der Waals surface area contributed by atoms with E-state index in [9.17, 15) is 14.4 Å². The number of rotatable bonds is 8. The molecule has 216 valence electrons. The van der Waals surface area contributed by atoms with Crippen LogP contribution in [-0.4, -0.2) is 100 Å². The fourth-order valence-corrected chi connectivity index (χ4v) is 6.12. The van der Waals surface area contributed by atoms with Crippen LogP contribution in [-0.2, 0) is 11.2 Å². The maximum atomic E-state index is 12.7. The molecule has 7 N–H and O–H groups in total. The number of hydrogen-bond acceptors (Lipinski definition) is 8. The van der Waals surface area contributed by atoms with Gasteiger partial charge in [-0.2, -0.15) is 4.98 Å². The van der Waals surface area contributed by atoms with Crippen LogP contribution in [0.5, 0.6) is 0 Å². The molecule has 1 aromatic heterocycles. The van der Waals surface area contributed by atoms with Crippen LogP contribution in [0.3, 0.4) is 0 Å². The molecule has 1 aliphatic carbocycles. The number of aromatic nitrogens is 2. The Labute approximate surface area is 234 Å². The monoisotopic (exact) mass is 551 g/mol. The molecule has 12 heteroatoms. The van der Waals surface area contributed by atoms with E-state index in [2.05, 4.69) is 15.2 Å². The van der Waals surface area contributed by atoms with Crippen LogP contribution < -0.4 is 28.2 Å². The van der Waals surface area contributed by atoms with E-state index in [1.807, 2.05) is 24.3 Å². The molecule has 1 saturated carbocycles. The Balaban J connectivity index is 1.10. The molecule has 12 nitrogen and oxygen atoms in total. The number of amides is 3. The highest BCUT2D eigenvalue weighted by atomic mass is 16.2. The fraction of sp³-hybridized carbons (Fsp3) is 0.571. The van der Waals surface area contributed by atoms with Gasteiger partial charge in [0, 0.05) is 64.6 Å². The number of hydrogen-bond donors (Lipinski definition) is 4. The van der Waals surface area contributed by atoms with Gasteiger partial charge in [-0.25, -0.2) is 9.59 Å². The number of piperazine rings is 1. The van der Waals surface area contributed by atoms with E-state index in [0.717, 1.165) is 26.1 Å². The lowest BCUT2D eigenvalue weighted by molar-refractivity contribution is -0.137. The summed E-state index contributed by atoms with van der Waals surface area (Å²) >= 11 is 0. The van der Waals surface area contributed by atoms with E-state index in [1.54, 1.807) is 35.9 Å². The van der Waals surface area contributed by atoms with Gasteiger partial charge in [-0.05, 0) is 61.8 Å². The summed E-state index contributed by atoms with van der Waals surface area (Å²) in [6, 6.07) is 9.29. The van der Waals surface area contributed by atoms with E-state index >= 15 is 0 Å². The molecule has 1 aromatic carbocycles. The minimum atomic E-state index is -0.947. The van der Waals surface area contributed by atoms with Gasteiger partial charge >= 0.3 is 11.7 Å². The second-order valence-electron chi connectivity index (χ2n) is 11.9. The molecule has 3 aliphatic rings. The molecule has 3 unspecified atom stereocenters. The molecular formula is C28H41N9O3. The second kappa shape index (κ2) is 11.3. The van der Waals surface area contributed by atoms with E-state index in [1.165, 1.54) is 10.1 Å². The van der Waals surface area contributed by atoms with Crippen LogP contribution in [0.15, 0.2) is 41.3 Å². The topological polar surface area (TPSA) is 169 Å². The summed E-state index contributed by atoms with van der Waals surface area (Å²) < 4.78 is 1.45. The number of nitrogens with one attached hydrogen (secondary N) is 1. The summed E-state index contributed by atoms with van der Waals surface area (Å²) in [5.41, 5.74) is 18.3. The van der Waals surface area contributed by atoms with Crippen LogP contribution in [0.25, 0.3) is 5.69 Å². The minimum Gasteiger partial charge on any atom is -0.338 e. The van der Waals surface area contributed by atoms with Crippen LogP contribution in [0, 0.1) is 17.8 Å². The van der Waals surface area contributed by atoms with Gasteiger partial charge in [0.15, 0.2) is 0 Å². The Hall–Kier alpha value is -3.32. The molecule has 0 spiro atoms. The van der Waals surface area contributed by atoms with Gasteiger partial charge in [0.1, 0.15) is 5.82 Å². The highest BCUT2D eigenvalue weighted by Gasteiger charge is 2.57. The molecule has 2 aliphatic heterocycles. The lowest BCUT2D eigenvalue weighted by Crippen LogP contribution is -2.58. The summed E-state index contributed by atoms with van der Waals surface area (Å²) in [5, 5.41) is 2.69. The summed E-state index contributed by atoms with van der Waals surface area (Å²) in [6.07, 6.45) is 2.55. The van der Waals surface area contributed by atoms with Crippen molar-refractivity contribution in [3.05, 3.63) is 52.6 Å². The first-order valence-electron chi connectivity index (χ1n) is 14.1. The first-order chi connectivity index (χ1) is 19.0.